The third kappa shape index (κ3) is 3.31. The van der Waals surface area contributed by atoms with Gasteiger partial charge in [0.15, 0.2) is 0 Å². The molecule has 0 radical (unpaired) electrons. The predicted molar refractivity (Wildman–Crippen MR) is 104 cm³/mol. The molecule has 2 atom stereocenters. The van der Waals surface area contributed by atoms with Gasteiger partial charge in [0.25, 0.3) is 0 Å². The second kappa shape index (κ2) is 7.23. The molecule has 4 rings (SSSR count). The second-order valence-electron chi connectivity index (χ2n) is 7.27. The van der Waals surface area contributed by atoms with Crippen molar-refractivity contribution in [2.45, 2.75) is 63.4 Å². The summed E-state index contributed by atoms with van der Waals surface area (Å²) < 4.78 is 0. The van der Waals surface area contributed by atoms with Gasteiger partial charge in [-0.05, 0) is 51.0 Å². The lowest BCUT2D eigenvalue weighted by molar-refractivity contribution is -0.134. The van der Waals surface area contributed by atoms with E-state index in [2.05, 4.69) is 28.7 Å². The standard InChI is InChI=1S/C19H25N3OS2/c1-12-13(2)25-19-17(12)18(20-11-21-19)24-10-16(23)22-9-5-7-14-6-3-4-8-15(14)22/h11,14-15H,3-10H2,1-2H3. The molecule has 0 spiro atoms. The lowest BCUT2D eigenvalue weighted by Gasteiger charge is -2.44. The van der Waals surface area contributed by atoms with Crippen LogP contribution in [0.4, 0.5) is 0 Å². The highest BCUT2D eigenvalue weighted by molar-refractivity contribution is 8.00. The first-order chi connectivity index (χ1) is 12.1. The summed E-state index contributed by atoms with van der Waals surface area (Å²) in [7, 11) is 0. The SMILES string of the molecule is Cc1sc2ncnc(SCC(=O)N3CCCC4CCCCC43)c2c1C. The van der Waals surface area contributed by atoms with Crippen molar-refractivity contribution < 1.29 is 4.79 Å². The van der Waals surface area contributed by atoms with Crippen LogP contribution in [-0.4, -0.2) is 39.1 Å². The van der Waals surface area contributed by atoms with Gasteiger partial charge in [-0.15, -0.1) is 11.3 Å². The lowest BCUT2D eigenvalue weighted by atomic mass is 9.78. The first-order valence-corrected chi connectivity index (χ1v) is 11.1. The molecule has 0 N–H and O–H groups in total. The summed E-state index contributed by atoms with van der Waals surface area (Å²) >= 11 is 3.29. The molecule has 2 aromatic rings. The fourth-order valence-electron chi connectivity index (χ4n) is 4.41. The van der Waals surface area contributed by atoms with Gasteiger partial charge in [-0.2, -0.15) is 0 Å². The Morgan fingerprint density at radius 3 is 2.92 bits per heavy atom. The molecule has 134 valence electrons. The molecule has 0 aromatic carbocycles. The summed E-state index contributed by atoms with van der Waals surface area (Å²) in [4.78, 5) is 26.3. The minimum absolute atomic E-state index is 0.290. The zero-order chi connectivity index (χ0) is 17.4. The number of carbonyl (C=O) groups excluding carboxylic acids is 1. The smallest absolute Gasteiger partial charge is 0.233 e. The van der Waals surface area contributed by atoms with E-state index in [0.717, 1.165) is 34.1 Å². The summed E-state index contributed by atoms with van der Waals surface area (Å²) in [6.07, 6.45) is 9.22. The predicted octanol–water partition coefficient (Wildman–Crippen LogP) is 4.58. The normalized spacial score (nSPS) is 23.7. The summed E-state index contributed by atoms with van der Waals surface area (Å²) in [5, 5.41) is 2.09. The maximum atomic E-state index is 12.9. The summed E-state index contributed by atoms with van der Waals surface area (Å²) in [5.41, 5.74) is 1.25. The van der Waals surface area contributed by atoms with E-state index >= 15 is 0 Å². The topological polar surface area (TPSA) is 46.1 Å². The van der Waals surface area contributed by atoms with Gasteiger partial charge in [-0.1, -0.05) is 24.6 Å². The molecule has 6 heteroatoms. The van der Waals surface area contributed by atoms with Crippen LogP contribution >= 0.6 is 23.1 Å². The molecule has 25 heavy (non-hydrogen) atoms. The van der Waals surface area contributed by atoms with Crippen LogP contribution in [0.25, 0.3) is 10.2 Å². The van der Waals surface area contributed by atoms with Gasteiger partial charge in [-0.25, -0.2) is 9.97 Å². The number of fused-ring (bicyclic) bond motifs is 2. The fourth-order valence-corrected chi connectivity index (χ4v) is 6.41. The molecule has 2 fully saturated rings. The molecule has 2 aliphatic rings. The van der Waals surface area contributed by atoms with Crippen LogP contribution in [0.1, 0.15) is 49.0 Å². The number of piperidine rings is 1. The van der Waals surface area contributed by atoms with E-state index in [4.69, 9.17) is 0 Å². The molecule has 1 saturated carbocycles. The summed E-state index contributed by atoms with van der Waals surface area (Å²) in [6.45, 7) is 5.19. The zero-order valence-corrected chi connectivity index (χ0v) is 16.6. The quantitative estimate of drug-likeness (QED) is 0.582. The third-order valence-corrected chi connectivity index (χ3v) is 7.92. The minimum Gasteiger partial charge on any atom is -0.339 e. The molecular formula is C19H25N3OS2. The molecule has 1 aliphatic heterocycles. The molecule has 1 saturated heterocycles. The zero-order valence-electron chi connectivity index (χ0n) is 15.0. The average Bonchev–Trinajstić information content (AvgIpc) is 2.94. The van der Waals surface area contributed by atoms with Crippen molar-refractivity contribution in [3.63, 3.8) is 0 Å². The number of aromatic nitrogens is 2. The Balaban J connectivity index is 1.49. The Morgan fingerprint density at radius 2 is 2.04 bits per heavy atom. The minimum atomic E-state index is 0.290. The molecule has 1 amide bonds. The van der Waals surface area contributed by atoms with E-state index < -0.39 is 0 Å². The van der Waals surface area contributed by atoms with Crippen LogP contribution in [0, 0.1) is 19.8 Å². The molecule has 2 aromatic heterocycles. The number of carbonyl (C=O) groups is 1. The van der Waals surface area contributed by atoms with Crippen molar-refractivity contribution in [2.75, 3.05) is 12.3 Å². The van der Waals surface area contributed by atoms with Gasteiger partial charge in [-0.3, -0.25) is 4.79 Å². The largest absolute Gasteiger partial charge is 0.339 e. The third-order valence-electron chi connectivity index (χ3n) is 5.83. The molecule has 2 unspecified atom stereocenters. The number of hydrogen-bond acceptors (Lipinski definition) is 5. The van der Waals surface area contributed by atoms with Crippen LogP contribution in [0.3, 0.4) is 0 Å². The first-order valence-electron chi connectivity index (χ1n) is 9.28. The van der Waals surface area contributed by atoms with Crippen molar-refractivity contribution in [2.24, 2.45) is 5.92 Å². The van der Waals surface area contributed by atoms with Gasteiger partial charge < -0.3 is 4.90 Å². The van der Waals surface area contributed by atoms with Crippen LogP contribution in [-0.2, 0) is 4.79 Å². The van der Waals surface area contributed by atoms with Crippen molar-refractivity contribution >= 4 is 39.2 Å². The van der Waals surface area contributed by atoms with E-state index in [1.54, 1.807) is 29.4 Å². The van der Waals surface area contributed by atoms with E-state index in [9.17, 15) is 4.79 Å². The summed E-state index contributed by atoms with van der Waals surface area (Å²) in [5.74, 6) is 1.52. The Morgan fingerprint density at radius 1 is 1.24 bits per heavy atom. The molecular weight excluding hydrogens is 350 g/mol. The van der Waals surface area contributed by atoms with Gasteiger partial charge >= 0.3 is 0 Å². The number of thiophene rings is 1. The van der Waals surface area contributed by atoms with Gasteiger partial charge in [0, 0.05) is 22.8 Å². The van der Waals surface area contributed by atoms with Crippen molar-refractivity contribution in [3.05, 3.63) is 16.8 Å². The highest BCUT2D eigenvalue weighted by atomic mass is 32.2. The summed E-state index contributed by atoms with van der Waals surface area (Å²) in [6, 6.07) is 0.492. The van der Waals surface area contributed by atoms with Crippen LogP contribution in [0.2, 0.25) is 0 Å². The number of nitrogens with zero attached hydrogens (tertiary/aromatic N) is 3. The van der Waals surface area contributed by atoms with E-state index in [-0.39, 0.29) is 5.91 Å². The maximum Gasteiger partial charge on any atom is 0.233 e. The van der Waals surface area contributed by atoms with Crippen molar-refractivity contribution in [1.29, 1.82) is 0 Å². The Kier molecular flexibility index (Phi) is 5.00. The maximum absolute atomic E-state index is 12.9. The lowest BCUT2D eigenvalue weighted by Crippen LogP contribution is -2.50. The average molecular weight is 376 g/mol. The molecule has 3 heterocycles. The van der Waals surface area contributed by atoms with E-state index in [1.807, 2.05) is 0 Å². The van der Waals surface area contributed by atoms with Crippen LogP contribution < -0.4 is 0 Å². The highest BCUT2D eigenvalue weighted by Gasteiger charge is 2.35. The van der Waals surface area contributed by atoms with Crippen LogP contribution in [0.5, 0.6) is 0 Å². The number of rotatable bonds is 3. The van der Waals surface area contributed by atoms with Gasteiger partial charge in [0.05, 0.1) is 5.75 Å². The molecule has 1 aliphatic carbocycles. The highest BCUT2D eigenvalue weighted by Crippen LogP contribution is 2.37. The number of aryl methyl sites for hydroxylation is 2. The first kappa shape index (κ1) is 17.3. The van der Waals surface area contributed by atoms with E-state index in [1.165, 1.54) is 42.5 Å². The number of hydrogen-bond donors (Lipinski definition) is 0. The van der Waals surface area contributed by atoms with Crippen LogP contribution in [0.15, 0.2) is 11.4 Å². The monoisotopic (exact) mass is 375 g/mol. The van der Waals surface area contributed by atoms with E-state index in [0.29, 0.717) is 11.8 Å². The fraction of sp³-hybridized carbons (Fsp3) is 0.632. The molecule has 0 bridgehead atoms. The number of amides is 1. The Hall–Kier alpha value is -1.14. The Labute approximate surface area is 157 Å². The van der Waals surface area contributed by atoms with Gasteiger partial charge in [0.1, 0.15) is 16.2 Å². The number of likely N-dealkylation sites (tertiary alicyclic amines) is 1. The van der Waals surface area contributed by atoms with Crippen molar-refractivity contribution in [3.8, 4) is 0 Å². The van der Waals surface area contributed by atoms with Crippen molar-refractivity contribution in [1.82, 2.24) is 14.9 Å². The second-order valence-corrected chi connectivity index (χ2v) is 9.44. The van der Waals surface area contributed by atoms with Gasteiger partial charge in [0.2, 0.25) is 5.91 Å². The number of thioether (sulfide) groups is 1. The molecule has 4 nitrogen and oxygen atoms in total. The Bertz CT molecular complexity index is 786.